The van der Waals surface area contributed by atoms with Gasteiger partial charge in [-0.1, -0.05) is 146 Å². The first-order chi connectivity index (χ1) is 24.6. The van der Waals surface area contributed by atoms with E-state index in [1.54, 1.807) is 0 Å². The molecule has 0 amide bonds. The van der Waals surface area contributed by atoms with E-state index in [4.69, 9.17) is 14.2 Å². The van der Waals surface area contributed by atoms with E-state index in [0.29, 0.717) is 19.3 Å². The smallest absolute Gasteiger partial charge is 0.362 e. The molecule has 0 aliphatic heterocycles. The highest BCUT2D eigenvalue weighted by Crippen LogP contribution is 2.13. The lowest BCUT2D eigenvalue weighted by molar-refractivity contribution is -0.887. The molecule has 0 bridgehead atoms. The van der Waals surface area contributed by atoms with E-state index < -0.39 is 18.1 Å². The number of ether oxygens (including phenoxy) is 3. The molecule has 0 saturated heterocycles. The highest BCUT2D eigenvalue weighted by Gasteiger charge is 2.31. The average Bonchev–Trinajstić information content (AvgIpc) is 3.08. The summed E-state index contributed by atoms with van der Waals surface area (Å²) < 4.78 is 17.2. The highest BCUT2D eigenvalue weighted by atomic mass is 16.6. The number of carboxylic acids is 1. The van der Waals surface area contributed by atoms with Gasteiger partial charge in [0.2, 0.25) is 0 Å². The predicted molar refractivity (Wildman–Crippen MR) is 211 cm³/mol. The summed E-state index contributed by atoms with van der Waals surface area (Å²) in [4.78, 5) is 36.8. The van der Waals surface area contributed by atoms with Crippen molar-refractivity contribution >= 4 is 17.9 Å². The standard InChI is InChI=1S/C43H75NO7/c1-6-8-10-12-14-16-17-18-19-20-21-22-23-24-26-27-29-31-33-41(45)50-38-39(37-49-36-35-40(43(47)48)44(3,4)5)51-42(46)34-32-30-28-25-15-13-11-9-7-2/h14,16-22,39-40H,6-13,15,23-38H2,1-5H3/p+1/b16-14+,18-17+,20-19+,22-21+. The molecule has 0 aromatic carbocycles. The minimum atomic E-state index is -0.881. The second-order valence-electron chi connectivity index (χ2n) is 14.6. The molecule has 0 aliphatic carbocycles. The van der Waals surface area contributed by atoms with Gasteiger partial charge in [-0.3, -0.25) is 9.59 Å². The normalized spacial score (nSPS) is 13.5. The Morgan fingerprint density at radius 1 is 0.588 bits per heavy atom. The van der Waals surface area contributed by atoms with Crippen LogP contribution in [0.25, 0.3) is 0 Å². The molecule has 51 heavy (non-hydrogen) atoms. The third-order valence-electron chi connectivity index (χ3n) is 8.83. The number of hydrogen-bond acceptors (Lipinski definition) is 6. The number of quaternary nitrogens is 1. The maximum Gasteiger partial charge on any atom is 0.362 e. The number of carbonyl (C=O) groups is 3. The quantitative estimate of drug-likeness (QED) is 0.0301. The number of carboxylic acid groups (broad SMARTS) is 1. The lowest BCUT2D eigenvalue weighted by Crippen LogP contribution is -2.50. The molecule has 0 spiro atoms. The summed E-state index contributed by atoms with van der Waals surface area (Å²) in [7, 11) is 5.50. The van der Waals surface area contributed by atoms with Crippen LogP contribution in [0.4, 0.5) is 0 Å². The number of allylic oxidation sites excluding steroid dienone is 8. The number of esters is 2. The number of rotatable bonds is 35. The third-order valence-corrected chi connectivity index (χ3v) is 8.83. The zero-order chi connectivity index (χ0) is 37.8. The first-order valence-electron chi connectivity index (χ1n) is 20.2. The van der Waals surface area contributed by atoms with Crippen LogP contribution in [-0.4, -0.2) is 80.6 Å². The van der Waals surface area contributed by atoms with Gasteiger partial charge in [-0.05, 0) is 38.5 Å². The van der Waals surface area contributed by atoms with Gasteiger partial charge in [0, 0.05) is 19.3 Å². The topological polar surface area (TPSA) is 99.1 Å². The molecule has 0 aliphatic rings. The molecular formula is C43H76NO7+. The molecule has 8 nitrogen and oxygen atoms in total. The Hall–Kier alpha value is -2.71. The maximum absolute atomic E-state index is 12.6. The summed E-state index contributed by atoms with van der Waals surface area (Å²) in [6.45, 7) is 4.64. The van der Waals surface area contributed by atoms with E-state index in [2.05, 4.69) is 56.4 Å². The number of carbonyl (C=O) groups excluding carboxylic acids is 2. The van der Waals surface area contributed by atoms with E-state index >= 15 is 0 Å². The number of unbranched alkanes of at least 4 members (excludes halogenated alkanes) is 16. The maximum atomic E-state index is 12.6. The summed E-state index contributed by atoms with van der Waals surface area (Å²) in [6.07, 6.45) is 38.6. The lowest BCUT2D eigenvalue weighted by atomic mass is 10.1. The first kappa shape index (κ1) is 48.3. The van der Waals surface area contributed by atoms with Crippen LogP contribution in [0.1, 0.15) is 155 Å². The van der Waals surface area contributed by atoms with Gasteiger partial charge in [0.1, 0.15) is 6.61 Å². The molecule has 2 unspecified atom stereocenters. The van der Waals surface area contributed by atoms with Gasteiger partial charge in [-0.25, -0.2) is 4.79 Å². The van der Waals surface area contributed by atoms with Crippen LogP contribution in [0.5, 0.6) is 0 Å². The van der Waals surface area contributed by atoms with E-state index in [0.717, 1.165) is 64.2 Å². The van der Waals surface area contributed by atoms with Crippen molar-refractivity contribution in [2.45, 2.75) is 167 Å². The van der Waals surface area contributed by atoms with E-state index in [-0.39, 0.29) is 36.2 Å². The van der Waals surface area contributed by atoms with Gasteiger partial charge in [0.25, 0.3) is 0 Å². The van der Waals surface area contributed by atoms with Crippen LogP contribution in [0.3, 0.4) is 0 Å². The molecule has 2 atom stereocenters. The summed E-state index contributed by atoms with van der Waals surface area (Å²) >= 11 is 0. The van der Waals surface area contributed by atoms with Gasteiger partial charge < -0.3 is 23.8 Å². The second-order valence-corrected chi connectivity index (χ2v) is 14.6. The van der Waals surface area contributed by atoms with Crippen LogP contribution in [0, 0.1) is 0 Å². The van der Waals surface area contributed by atoms with Crippen molar-refractivity contribution in [3.63, 3.8) is 0 Å². The van der Waals surface area contributed by atoms with Crippen LogP contribution in [0.2, 0.25) is 0 Å². The van der Waals surface area contributed by atoms with Crippen molar-refractivity contribution < 1.29 is 38.2 Å². The molecule has 294 valence electrons. The molecule has 8 heteroatoms. The van der Waals surface area contributed by atoms with Crippen molar-refractivity contribution in [1.29, 1.82) is 0 Å². The van der Waals surface area contributed by atoms with Crippen LogP contribution in [0.15, 0.2) is 48.6 Å². The summed E-state index contributed by atoms with van der Waals surface area (Å²) in [5, 5.41) is 9.58. The monoisotopic (exact) mass is 719 g/mol. The molecule has 0 saturated carbocycles. The lowest BCUT2D eigenvalue weighted by Gasteiger charge is -2.31. The Bertz CT molecular complexity index is 979. The highest BCUT2D eigenvalue weighted by molar-refractivity contribution is 5.72. The van der Waals surface area contributed by atoms with Gasteiger partial charge in [0.15, 0.2) is 12.1 Å². The van der Waals surface area contributed by atoms with Crippen LogP contribution < -0.4 is 0 Å². The van der Waals surface area contributed by atoms with Crippen molar-refractivity contribution in [3.05, 3.63) is 48.6 Å². The zero-order valence-corrected chi connectivity index (χ0v) is 33.3. The Morgan fingerprint density at radius 3 is 1.57 bits per heavy atom. The molecule has 1 N–H and O–H groups in total. The van der Waals surface area contributed by atoms with Crippen molar-refractivity contribution in [2.75, 3.05) is 41.0 Å². The fourth-order valence-electron chi connectivity index (χ4n) is 5.63. The van der Waals surface area contributed by atoms with Crippen LogP contribution >= 0.6 is 0 Å². The molecular weight excluding hydrogens is 642 g/mol. The summed E-state index contributed by atoms with van der Waals surface area (Å²) in [5.74, 6) is -1.50. The Morgan fingerprint density at radius 2 is 1.04 bits per heavy atom. The Balaban J connectivity index is 4.39. The van der Waals surface area contributed by atoms with E-state index in [1.807, 2.05) is 27.2 Å². The molecule has 0 radical (unpaired) electrons. The first-order valence-corrected chi connectivity index (χ1v) is 20.2. The fourth-order valence-corrected chi connectivity index (χ4v) is 5.63. The molecule has 0 aromatic rings. The number of likely N-dealkylation sites (N-methyl/N-ethyl adjacent to an activating group) is 1. The van der Waals surface area contributed by atoms with Gasteiger partial charge in [-0.15, -0.1) is 0 Å². The van der Waals surface area contributed by atoms with E-state index in [1.165, 1.54) is 57.8 Å². The van der Waals surface area contributed by atoms with Crippen LogP contribution in [-0.2, 0) is 28.6 Å². The molecule has 0 heterocycles. The number of aliphatic carboxylic acids is 1. The third kappa shape index (κ3) is 32.9. The molecule has 0 aromatic heterocycles. The SMILES string of the molecule is CCCCC/C=C/C=C/C=C/C=C/CCCCCCCC(=O)OCC(COCCC(C(=O)O)[N+](C)(C)C)OC(=O)CCCCCCCCCCC. The zero-order valence-electron chi connectivity index (χ0n) is 33.3. The van der Waals surface area contributed by atoms with Crippen molar-refractivity contribution in [1.82, 2.24) is 0 Å². The fraction of sp³-hybridized carbons (Fsp3) is 0.744. The van der Waals surface area contributed by atoms with Gasteiger partial charge in [-0.2, -0.15) is 0 Å². The Kier molecular flexibility index (Phi) is 32.6. The largest absolute Gasteiger partial charge is 0.477 e. The molecule has 0 fully saturated rings. The number of hydrogen-bond donors (Lipinski definition) is 1. The van der Waals surface area contributed by atoms with E-state index in [9.17, 15) is 19.5 Å². The van der Waals surface area contributed by atoms with Crippen molar-refractivity contribution in [3.8, 4) is 0 Å². The molecule has 0 rings (SSSR count). The summed E-state index contributed by atoms with van der Waals surface area (Å²) in [5.41, 5.74) is 0. The Labute approximate surface area is 312 Å². The van der Waals surface area contributed by atoms with Crippen molar-refractivity contribution in [2.24, 2.45) is 0 Å². The second kappa shape index (κ2) is 34.4. The summed E-state index contributed by atoms with van der Waals surface area (Å²) in [6, 6.07) is -0.617. The predicted octanol–water partition coefficient (Wildman–Crippen LogP) is 10.5. The average molecular weight is 719 g/mol. The minimum Gasteiger partial charge on any atom is -0.477 e. The number of nitrogens with zero attached hydrogens (tertiary/aromatic N) is 1. The minimum absolute atomic E-state index is 0.0533. The van der Waals surface area contributed by atoms with Gasteiger partial charge >= 0.3 is 17.9 Å². The van der Waals surface area contributed by atoms with Gasteiger partial charge in [0.05, 0.1) is 34.4 Å².